The molecule has 0 amide bonds. The number of rotatable bonds is 1. The molecule has 3 nitrogen and oxygen atoms in total. The summed E-state index contributed by atoms with van der Waals surface area (Å²) in [5.74, 6) is 0.915. The van der Waals surface area contributed by atoms with Crippen molar-refractivity contribution in [3.05, 3.63) is 41.6 Å². The average Bonchev–Trinajstić information content (AvgIpc) is 2.37. The van der Waals surface area contributed by atoms with Crippen molar-refractivity contribution in [1.29, 1.82) is 0 Å². The lowest BCUT2D eigenvalue weighted by Crippen LogP contribution is -1.97. The topological polar surface area (TPSA) is 37.8 Å². The first-order valence-electron chi connectivity index (χ1n) is 6.04. The van der Waals surface area contributed by atoms with Gasteiger partial charge in [0.2, 0.25) is 0 Å². The quantitative estimate of drug-likeness (QED) is 0.659. The van der Waals surface area contributed by atoms with Crippen molar-refractivity contribution in [3.8, 4) is 0 Å². The van der Waals surface area contributed by atoms with Crippen molar-refractivity contribution >= 4 is 27.6 Å². The first kappa shape index (κ1) is 11.0. The lowest BCUT2D eigenvalue weighted by molar-refractivity contribution is 1.24. The highest BCUT2D eigenvalue weighted by Gasteiger charge is 2.07. The molecule has 0 saturated carbocycles. The molecular weight excluding hydrogens is 222 g/mol. The highest BCUT2D eigenvalue weighted by atomic mass is 15.0. The Hall–Kier alpha value is -2.16. The van der Waals surface area contributed by atoms with E-state index in [1.165, 1.54) is 0 Å². The van der Waals surface area contributed by atoms with Crippen LogP contribution in [0.5, 0.6) is 0 Å². The second-order valence-corrected chi connectivity index (χ2v) is 4.57. The molecule has 2 heterocycles. The Morgan fingerprint density at radius 3 is 2.33 bits per heavy atom. The molecule has 0 saturated heterocycles. The highest BCUT2D eigenvalue weighted by molar-refractivity contribution is 6.03. The van der Waals surface area contributed by atoms with E-state index in [0.29, 0.717) is 0 Å². The molecule has 1 aromatic carbocycles. The minimum atomic E-state index is 0.915. The summed E-state index contributed by atoms with van der Waals surface area (Å²) in [6, 6.07) is 10.5. The number of nitrogens with zero attached hydrogens (tertiary/aromatic N) is 2. The van der Waals surface area contributed by atoms with E-state index in [0.717, 1.165) is 38.9 Å². The monoisotopic (exact) mass is 237 g/mol. The number of aromatic nitrogens is 2. The molecule has 1 N–H and O–H groups in total. The summed E-state index contributed by atoms with van der Waals surface area (Å²) in [4.78, 5) is 9.31. The van der Waals surface area contributed by atoms with Gasteiger partial charge in [0.15, 0.2) is 0 Å². The first-order chi connectivity index (χ1) is 8.69. The van der Waals surface area contributed by atoms with E-state index in [1.54, 1.807) is 0 Å². The van der Waals surface area contributed by atoms with Gasteiger partial charge in [0.05, 0.1) is 11.0 Å². The SMILES string of the molecule is CNc1nc2c(ccc3ccc(C)nc32)cc1C. The third kappa shape index (κ3) is 1.59. The number of nitrogens with one attached hydrogen (secondary N) is 1. The zero-order valence-corrected chi connectivity index (χ0v) is 10.8. The van der Waals surface area contributed by atoms with Crippen LogP contribution in [-0.2, 0) is 0 Å². The van der Waals surface area contributed by atoms with Gasteiger partial charge < -0.3 is 5.32 Å². The molecule has 0 aliphatic carbocycles. The Morgan fingerprint density at radius 1 is 0.889 bits per heavy atom. The normalized spacial score (nSPS) is 11.1. The van der Waals surface area contributed by atoms with Crippen LogP contribution in [0, 0.1) is 13.8 Å². The molecule has 0 atom stereocenters. The molecule has 0 bridgehead atoms. The summed E-state index contributed by atoms with van der Waals surface area (Å²) in [7, 11) is 1.89. The van der Waals surface area contributed by atoms with E-state index < -0.39 is 0 Å². The molecule has 3 heteroatoms. The minimum Gasteiger partial charge on any atom is -0.373 e. The summed E-state index contributed by atoms with van der Waals surface area (Å²) >= 11 is 0. The lowest BCUT2D eigenvalue weighted by atomic mass is 10.1. The number of hydrogen-bond acceptors (Lipinski definition) is 3. The van der Waals surface area contributed by atoms with Gasteiger partial charge in [-0.2, -0.15) is 0 Å². The molecule has 2 aromatic heterocycles. The molecule has 0 unspecified atom stereocenters. The van der Waals surface area contributed by atoms with Crippen LogP contribution < -0.4 is 5.32 Å². The van der Waals surface area contributed by atoms with Crippen LogP contribution in [0.3, 0.4) is 0 Å². The molecule has 0 aliphatic heterocycles. The third-order valence-corrected chi connectivity index (χ3v) is 3.21. The molecule has 0 aliphatic rings. The molecule has 3 aromatic rings. The predicted molar refractivity (Wildman–Crippen MR) is 76.1 cm³/mol. The summed E-state index contributed by atoms with van der Waals surface area (Å²) in [5.41, 5.74) is 4.11. The van der Waals surface area contributed by atoms with E-state index in [9.17, 15) is 0 Å². The highest BCUT2D eigenvalue weighted by Crippen LogP contribution is 2.26. The zero-order valence-electron chi connectivity index (χ0n) is 10.8. The van der Waals surface area contributed by atoms with Gasteiger partial charge in [0.1, 0.15) is 5.82 Å². The Balaban J connectivity index is 2.48. The van der Waals surface area contributed by atoms with Crippen molar-refractivity contribution in [2.24, 2.45) is 0 Å². The van der Waals surface area contributed by atoms with Gasteiger partial charge in [-0.3, -0.25) is 4.98 Å². The largest absolute Gasteiger partial charge is 0.373 e. The van der Waals surface area contributed by atoms with Crippen LogP contribution in [0.1, 0.15) is 11.3 Å². The maximum atomic E-state index is 4.69. The van der Waals surface area contributed by atoms with Crippen molar-refractivity contribution in [3.63, 3.8) is 0 Å². The molecule has 0 fully saturated rings. The van der Waals surface area contributed by atoms with Gasteiger partial charge in [-0.25, -0.2) is 4.98 Å². The fourth-order valence-electron chi connectivity index (χ4n) is 2.28. The van der Waals surface area contributed by atoms with Crippen LogP contribution in [0.4, 0.5) is 5.82 Å². The van der Waals surface area contributed by atoms with Crippen molar-refractivity contribution in [2.45, 2.75) is 13.8 Å². The second-order valence-electron chi connectivity index (χ2n) is 4.57. The fourth-order valence-corrected chi connectivity index (χ4v) is 2.28. The number of hydrogen-bond donors (Lipinski definition) is 1. The number of anilines is 1. The van der Waals surface area contributed by atoms with Gasteiger partial charge in [0, 0.05) is 23.5 Å². The Labute approximate surface area is 106 Å². The van der Waals surface area contributed by atoms with Gasteiger partial charge in [0.25, 0.3) is 0 Å². The number of aryl methyl sites for hydroxylation is 2. The first-order valence-corrected chi connectivity index (χ1v) is 6.04. The molecule has 18 heavy (non-hydrogen) atoms. The Morgan fingerprint density at radius 2 is 1.56 bits per heavy atom. The van der Waals surface area contributed by atoms with E-state index in [4.69, 9.17) is 0 Å². The van der Waals surface area contributed by atoms with E-state index in [1.807, 2.05) is 20.0 Å². The summed E-state index contributed by atoms with van der Waals surface area (Å²) in [6.07, 6.45) is 0. The molecular formula is C15H15N3. The van der Waals surface area contributed by atoms with Crippen molar-refractivity contribution in [2.75, 3.05) is 12.4 Å². The van der Waals surface area contributed by atoms with Crippen molar-refractivity contribution in [1.82, 2.24) is 9.97 Å². The second kappa shape index (κ2) is 3.95. The number of benzene rings is 1. The summed E-state index contributed by atoms with van der Waals surface area (Å²) in [5, 5.41) is 5.40. The molecule has 3 rings (SSSR count). The van der Waals surface area contributed by atoms with Gasteiger partial charge in [-0.05, 0) is 31.5 Å². The van der Waals surface area contributed by atoms with E-state index >= 15 is 0 Å². The smallest absolute Gasteiger partial charge is 0.129 e. The van der Waals surface area contributed by atoms with E-state index in [-0.39, 0.29) is 0 Å². The van der Waals surface area contributed by atoms with Gasteiger partial charge in [-0.15, -0.1) is 0 Å². The Bertz CT molecular complexity index is 747. The lowest BCUT2D eigenvalue weighted by Gasteiger charge is -2.08. The van der Waals surface area contributed by atoms with Crippen LogP contribution in [0.25, 0.3) is 21.8 Å². The van der Waals surface area contributed by atoms with Crippen LogP contribution in [-0.4, -0.2) is 17.0 Å². The predicted octanol–water partition coefficient (Wildman–Crippen LogP) is 3.44. The summed E-state index contributed by atoms with van der Waals surface area (Å²) < 4.78 is 0. The van der Waals surface area contributed by atoms with E-state index in [2.05, 4.69) is 46.5 Å². The average molecular weight is 237 g/mol. The van der Waals surface area contributed by atoms with Crippen LogP contribution in [0.15, 0.2) is 30.3 Å². The summed E-state index contributed by atoms with van der Waals surface area (Å²) in [6.45, 7) is 4.07. The maximum absolute atomic E-state index is 4.69. The van der Waals surface area contributed by atoms with Gasteiger partial charge >= 0.3 is 0 Å². The third-order valence-electron chi connectivity index (χ3n) is 3.21. The zero-order chi connectivity index (χ0) is 12.7. The standard InChI is InChI=1S/C15H15N3/c1-9-8-12-7-6-11-5-4-10(2)17-13(11)14(12)18-15(9)16-3/h4-8H,1-3H3,(H,16,18). The van der Waals surface area contributed by atoms with Gasteiger partial charge in [-0.1, -0.05) is 18.2 Å². The number of pyridine rings is 2. The van der Waals surface area contributed by atoms with Crippen LogP contribution in [0.2, 0.25) is 0 Å². The fraction of sp³-hybridized carbons (Fsp3) is 0.200. The molecule has 0 radical (unpaired) electrons. The van der Waals surface area contributed by atoms with Crippen molar-refractivity contribution < 1.29 is 0 Å². The van der Waals surface area contributed by atoms with Crippen LogP contribution >= 0.6 is 0 Å². The minimum absolute atomic E-state index is 0.915. The maximum Gasteiger partial charge on any atom is 0.129 e. The molecule has 0 spiro atoms. The Kier molecular flexibility index (Phi) is 2.40. The molecule has 90 valence electrons. The number of fused-ring (bicyclic) bond motifs is 3.